The van der Waals surface area contributed by atoms with E-state index < -0.39 is 0 Å². The fourth-order valence-corrected chi connectivity index (χ4v) is 2.02. The number of rotatable bonds is 12. The van der Waals surface area contributed by atoms with E-state index in [2.05, 4.69) is 0 Å². The van der Waals surface area contributed by atoms with Gasteiger partial charge in [0.2, 0.25) is 0 Å². The lowest BCUT2D eigenvalue weighted by atomic mass is 9.94. The number of carbonyl (C=O) groups is 2. The monoisotopic (exact) mass is 358 g/mol. The van der Waals surface area contributed by atoms with E-state index in [0.717, 1.165) is 0 Å². The molecule has 0 amide bonds. The van der Waals surface area contributed by atoms with Crippen LogP contribution >= 0.6 is 0 Å². The summed E-state index contributed by atoms with van der Waals surface area (Å²) < 4.78 is 16.5. The highest BCUT2D eigenvalue weighted by Gasteiger charge is 2.25. The van der Waals surface area contributed by atoms with Crippen molar-refractivity contribution in [3.8, 4) is 0 Å². The maximum absolute atomic E-state index is 11.6. The molecule has 0 aromatic carbocycles. The van der Waals surface area contributed by atoms with Gasteiger partial charge in [-0.2, -0.15) is 0 Å². The lowest BCUT2D eigenvalue weighted by Crippen LogP contribution is -2.32. The van der Waals surface area contributed by atoms with Gasteiger partial charge in [-0.1, -0.05) is 55.4 Å². The Bertz CT molecular complexity index is 372. The van der Waals surface area contributed by atoms with E-state index in [1.54, 1.807) is 0 Å². The van der Waals surface area contributed by atoms with Gasteiger partial charge in [0.05, 0.1) is 26.4 Å². The van der Waals surface area contributed by atoms with Crippen LogP contribution in [-0.4, -0.2) is 38.4 Å². The molecular weight excluding hydrogens is 320 g/mol. The van der Waals surface area contributed by atoms with Crippen LogP contribution in [0.5, 0.6) is 0 Å². The summed E-state index contributed by atoms with van der Waals surface area (Å²) >= 11 is 0. The van der Waals surface area contributed by atoms with Gasteiger partial charge in [-0.15, -0.1) is 0 Å². The Morgan fingerprint density at radius 3 is 1.28 bits per heavy atom. The molecule has 0 aliphatic rings. The molecule has 0 aliphatic heterocycles. The van der Waals surface area contributed by atoms with E-state index >= 15 is 0 Å². The summed E-state index contributed by atoms with van der Waals surface area (Å²) in [6, 6.07) is 0. The maximum atomic E-state index is 11.6. The molecule has 0 saturated carbocycles. The third-order valence-electron chi connectivity index (χ3n) is 3.38. The Hall–Kier alpha value is -1.10. The standard InChI is InChI=1S/C20H38O5/c1-15(2)9-17(21)24-13-19(5,6)11-23-12-20(7,8)14-25-18(22)10-16(3)4/h15-16H,9-14H2,1-8H3. The Balaban J connectivity index is 4.11. The van der Waals surface area contributed by atoms with Gasteiger partial charge in [-0.3, -0.25) is 9.59 Å². The molecule has 0 radical (unpaired) electrons. The van der Waals surface area contributed by atoms with Crippen LogP contribution in [0.15, 0.2) is 0 Å². The SMILES string of the molecule is CC(C)CC(=O)OCC(C)(C)COCC(C)(C)COC(=O)CC(C)C. The second-order valence-corrected chi connectivity index (χ2v) is 9.34. The normalized spacial score (nSPS) is 12.6. The van der Waals surface area contributed by atoms with Crippen LogP contribution in [0.25, 0.3) is 0 Å². The van der Waals surface area contributed by atoms with Crippen molar-refractivity contribution in [2.45, 2.75) is 68.2 Å². The van der Waals surface area contributed by atoms with Crippen LogP contribution in [0, 0.1) is 22.7 Å². The summed E-state index contributed by atoms with van der Waals surface area (Å²) in [7, 11) is 0. The molecule has 0 N–H and O–H groups in total. The van der Waals surface area contributed by atoms with Gasteiger partial charge in [-0.05, 0) is 11.8 Å². The lowest BCUT2D eigenvalue weighted by molar-refractivity contribution is -0.150. The molecule has 5 heteroatoms. The van der Waals surface area contributed by atoms with E-state index in [1.165, 1.54) is 0 Å². The molecule has 0 saturated heterocycles. The fourth-order valence-electron chi connectivity index (χ4n) is 2.02. The van der Waals surface area contributed by atoms with Crippen LogP contribution in [0.2, 0.25) is 0 Å². The molecule has 5 nitrogen and oxygen atoms in total. The molecule has 0 aliphatic carbocycles. The maximum Gasteiger partial charge on any atom is 0.306 e. The van der Waals surface area contributed by atoms with Crippen molar-refractivity contribution in [2.24, 2.45) is 22.7 Å². The van der Waals surface area contributed by atoms with E-state index in [9.17, 15) is 9.59 Å². The zero-order valence-electron chi connectivity index (χ0n) is 17.4. The molecule has 148 valence electrons. The second kappa shape index (κ2) is 10.8. The highest BCUT2D eigenvalue weighted by molar-refractivity contribution is 5.69. The first kappa shape index (κ1) is 23.9. The molecule has 0 heterocycles. The largest absolute Gasteiger partial charge is 0.465 e. The summed E-state index contributed by atoms with van der Waals surface area (Å²) in [5.41, 5.74) is -0.506. The van der Waals surface area contributed by atoms with Crippen molar-refractivity contribution in [2.75, 3.05) is 26.4 Å². The molecule has 0 bridgehead atoms. The first-order valence-corrected chi connectivity index (χ1v) is 9.22. The topological polar surface area (TPSA) is 61.8 Å². The highest BCUT2D eigenvalue weighted by Crippen LogP contribution is 2.21. The van der Waals surface area contributed by atoms with Crippen molar-refractivity contribution >= 4 is 11.9 Å². The average Bonchev–Trinajstić information content (AvgIpc) is 2.41. The van der Waals surface area contributed by atoms with Crippen molar-refractivity contribution in [3.63, 3.8) is 0 Å². The predicted molar refractivity (Wildman–Crippen MR) is 99.2 cm³/mol. The average molecular weight is 359 g/mol. The zero-order valence-corrected chi connectivity index (χ0v) is 17.4. The van der Waals surface area contributed by atoms with Crippen molar-refractivity contribution < 1.29 is 23.8 Å². The molecule has 0 aromatic rings. The summed E-state index contributed by atoms with van der Waals surface area (Å²) in [6.07, 6.45) is 0.872. The minimum Gasteiger partial charge on any atom is -0.465 e. The van der Waals surface area contributed by atoms with Crippen molar-refractivity contribution in [3.05, 3.63) is 0 Å². The third-order valence-corrected chi connectivity index (χ3v) is 3.38. The number of esters is 2. The quantitative estimate of drug-likeness (QED) is 0.488. The number of hydrogen-bond donors (Lipinski definition) is 0. The minimum absolute atomic E-state index is 0.166. The molecule has 0 spiro atoms. The van der Waals surface area contributed by atoms with Crippen molar-refractivity contribution in [1.82, 2.24) is 0 Å². The van der Waals surface area contributed by atoms with Crippen LogP contribution in [0.4, 0.5) is 0 Å². The summed E-state index contributed by atoms with van der Waals surface area (Å²) in [4.78, 5) is 23.3. The third kappa shape index (κ3) is 13.8. The number of hydrogen-bond acceptors (Lipinski definition) is 5. The molecular formula is C20H38O5. The summed E-state index contributed by atoms with van der Waals surface area (Å²) in [5, 5.41) is 0. The second-order valence-electron chi connectivity index (χ2n) is 9.34. The van der Waals surface area contributed by atoms with Crippen LogP contribution in [0.3, 0.4) is 0 Å². The van der Waals surface area contributed by atoms with E-state index in [0.29, 0.717) is 51.1 Å². The van der Waals surface area contributed by atoms with E-state index in [4.69, 9.17) is 14.2 Å². The van der Waals surface area contributed by atoms with Crippen LogP contribution in [-0.2, 0) is 23.8 Å². The molecule has 0 aromatic heterocycles. The molecule has 0 rings (SSSR count). The van der Waals surface area contributed by atoms with E-state index in [-0.39, 0.29) is 22.8 Å². The van der Waals surface area contributed by atoms with E-state index in [1.807, 2.05) is 55.4 Å². The number of ether oxygens (including phenoxy) is 3. The highest BCUT2D eigenvalue weighted by atomic mass is 16.5. The minimum atomic E-state index is -0.253. The fraction of sp³-hybridized carbons (Fsp3) is 0.900. The predicted octanol–water partition coefficient (Wildman–Crippen LogP) is 4.23. The first-order valence-electron chi connectivity index (χ1n) is 9.22. The Labute approximate surface area is 153 Å². The Kier molecular flexibility index (Phi) is 10.3. The van der Waals surface area contributed by atoms with Gasteiger partial charge in [0, 0.05) is 23.7 Å². The number of carbonyl (C=O) groups excluding carboxylic acids is 2. The van der Waals surface area contributed by atoms with Gasteiger partial charge in [0.1, 0.15) is 0 Å². The summed E-state index contributed by atoms with van der Waals surface area (Å²) in [5.74, 6) is 0.262. The summed E-state index contributed by atoms with van der Waals surface area (Å²) in [6.45, 7) is 17.6. The van der Waals surface area contributed by atoms with Gasteiger partial charge in [0.15, 0.2) is 0 Å². The van der Waals surface area contributed by atoms with Crippen LogP contribution < -0.4 is 0 Å². The molecule has 0 unspecified atom stereocenters. The lowest BCUT2D eigenvalue weighted by Gasteiger charge is -2.28. The molecule has 25 heavy (non-hydrogen) atoms. The molecule has 0 atom stereocenters. The Morgan fingerprint density at radius 1 is 0.680 bits per heavy atom. The van der Waals surface area contributed by atoms with Crippen molar-refractivity contribution in [1.29, 1.82) is 0 Å². The van der Waals surface area contributed by atoms with Gasteiger partial charge < -0.3 is 14.2 Å². The zero-order chi connectivity index (χ0) is 19.7. The molecule has 0 fully saturated rings. The Morgan fingerprint density at radius 2 is 1.00 bits per heavy atom. The van der Waals surface area contributed by atoms with Gasteiger partial charge in [-0.25, -0.2) is 0 Å². The van der Waals surface area contributed by atoms with Gasteiger partial charge >= 0.3 is 11.9 Å². The van der Waals surface area contributed by atoms with Gasteiger partial charge in [0.25, 0.3) is 0 Å². The van der Waals surface area contributed by atoms with Crippen LogP contribution in [0.1, 0.15) is 68.2 Å². The first-order chi connectivity index (χ1) is 11.3. The smallest absolute Gasteiger partial charge is 0.306 e.